The predicted molar refractivity (Wildman–Crippen MR) is 79.8 cm³/mol. The molecule has 0 aromatic heterocycles. The molecule has 1 saturated heterocycles. The van der Waals surface area contributed by atoms with Crippen LogP contribution in [-0.4, -0.2) is 34.0 Å². The van der Waals surface area contributed by atoms with Crippen molar-refractivity contribution < 1.29 is 14.7 Å². The molecule has 118 valence electrons. The molecule has 3 aliphatic rings. The van der Waals surface area contributed by atoms with Gasteiger partial charge >= 0.3 is 5.97 Å². The lowest BCUT2D eigenvalue weighted by Gasteiger charge is -2.36. The highest BCUT2D eigenvalue weighted by molar-refractivity contribution is 5.86. The summed E-state index contributed by atoms with van der Waals surface area (Å²) < 4.78 is 0. The van der Waals surface area contributed by atoms with E-state index < -0.39 is 12.0 Å². The molecular weight excluding hydrogens is 266 g/mol. The summed E-state index contributed by atoms with van der Waals surface area (Å²) >= 11 is 0. The fraction of sp³-hybridized carbons (Fsp3) is 0.882. The molecule has 3 atom stereocenters. The van der Waals surface area contributed by atoms with Gasteiger partial charge in [0.25, 0.3) is 0 Å². The molecule has 2 saturated carbocycles. The van der Waals surface area contributed by atoms with Gasteiger partial charge in [-0.1, -0.05) is 19.8 Å². The summed E-state index contributed by atoms with van der Waals surface area (Å²) in [7, 11) is 0. The van der Waals surface area contributed by atoms with Gasteiger partial charge < -0.3 is 10.0 Å². The molecular formula is C17H27NO3. The molecule has 0 aromatic rings. The highest BCUT2D eigenvalue weighted by Crippen LogP contribution is 2.42. The average molecular weight is 293 g/mol. The van der Waals surface area contributed by atoms with E-state index in [0.29, 0.717) is 18.3 Å². The molecule has 0 spiro atoms. The Hall–Kier alpha value is -1.06. The molecule has 0 bridgehead atoms. The Morgan fingerprint density at radius 1 is 1.00 bits per heavy atom. The van der Waals surface area contributed by atoms with Crippen LogP contribution in [0.3, 0.4) is 0 Å². The maximum Gasteiger partial charge on any atom is 0.326 e. The molecule has 2 aliphatic carbocycles. The van der Waals surface area contributed by atoms with E-state index in [-0.39, 0.29) is 17.9 Å². The van der Waals surface area contributed by atoms with Gasteiger partial charge in [0.05, 0.1) is 0 Å². The van der Waals surface area contributed by atoms with Crippen LogP contribution in [0.15, 0.2) is 0 Å². The highest BCUT2D eigenvalue weighted by Gasteiger charge is 2.48. The number of carbonyl (C=O) groups is 2. The number of carboxylic acid groups (broad SMARTS) is 1. The summed E-state index contributed by atoms with van der Waals surface area (Å²) in [6, 6.07) is -0.364. The molecule has 1 amide bonds. The zero-order valence-corrected chi connectivity index (χ0v) is 13.0. The van der Waals surface area contributed by atoms with Gasteiger partial charge in [0.1, 0.15) is 6.04 Å². The third kappa shape index (κ3) is 2.82. The molecule has 3 unspecified atom stereocenters. The van der Waals surface area contributed by atoms with E-state index >= 15 is 0 Å². The van der Waals surface area contributed by atoms with Crippen LogP contribution < -0.4 is 0 Å². The van der Waals surface area contributed by atoms with E-state index in [2.05, 4.69) is 6.92 Å². The van der Waals surface area contributed by atoms with E-state index in [0.717, 1.165) is 44.9 Å². The number of carboxylic acids is 1. The maximum absolute atomic E-state index is 12.9. The minimum absolute atomic E-state index is 0.0729. The minimum atomic E-state index is -0.804. The van der Waals surface area contributed by atoms with Crippen LogP contribution >= 0.6 is 0 Å². The van der Waals surface area contributed by atoms with Gasteiger partial charge in [-0.05, 0) is 56.8 Å². The number of likely N-dealkylation sites (tertiary alicyclic amines) is 1. The molecule has 4 nitrogen and oxygen atoms in total. The number of fused-ring (bicyclic) bond motifs is 1. The minimum Gasteiger partial charge on any atom is -0.480 e. The van der Waals surface area contributed by atoms with E-state index in [1.54, 1.807) is 4.90 Å². The number of aliphatic carboxylic acids is 1. The molecule has 1 N–H and O–H groups in total. The van der Waals surface area contributed by atoms with Gasteiger partial charge in [-0.3, -0.25) is 4.79 Å². The summed E-state index contributed by atoms with van der Waals surface area (Å²) in [5.41, 5.74) is 0. The maximum atomic E-state index is 12.9. The third-order valence-corrected chi connectivity index (χ3v) is 5.99. The van der Waals surface area contributed by atoms with Crippen LogP contribution in [0.25, 0.3) is 0 Å². The molecule has 3 rings (SSSR count). The van der Waals surface area contributed by atoms with E-state index in [9.17, 15) is 14.7 Å². The van der Waals surface area contributed by atoms with Gasteiger partial charge in [-0.2, -0.15) is 0 Å². The second kappa shape index (κ2) is 5.98. The number of hydrogen-bond acceptors (Lipinski definition) is 2. The Balaban J connectivity index is 1.76. The van der Waals surface area contributed by atoms with Crippen molar-refractivity contribution in [3.05, 3.63) is 0 Å². The summed E-state index contributed by atoms with van der Waals surface area (Å²) in [5, 5.41) is 9.53. The summed E-state index contributed by atoms with van der Waals surface area (Å²) in [6.07, 6.45) is 9.21. The Bertz CT molecular complexity index is 414. The lowest BCUT2D eigenvalue weighted by Crippen LogP contribution is -2.49. The first kappa shape index (κ1) is 14.9. The smallest absolute Gasteiger partial charge is 0.326 e. The first-order chi connectivity index (χ1) is 10.1. The molecule has 0 aromatic carbocycles. The van der Waals surface area contributed by atoms with Crippen LogP contribution in [0.4, 0.5) is 0 Å². The molecule has 1 aliphatic heterocycles. The van der Waals surface area contributed by atoms with E-state index in [4.69, 9.17) is 0 Å². The van der Waals surface area contributed by atoms with Crippen molar-refractivity contribution >= 4 is 11.9 Å². The van der Waals surface area contributed by atoms with Crippen molar-refractivity contribution in [3.63, 3.8) is 0 Å². The van der Waals surface area contributed by atoms with Crippen molar-refractivity contribution in [2.24, 2.45) is 17.8 Å². The Morgan fingerprint density at radius 3 is 2.33 bits per heavy atom. The van der Waals surface area contributed by atoms with Gasteiger partial charge in [0.2, 0.25) is 5.91 Å². The fourth-order valence-electron chi connectivity index (χ4n) is 4.72. The van der Waals surface area contributed by atoms with Crippen LogP contribution in [0.1, 0.15) is 64.7 Å². The van der Waals surface area contributed by atoms with E-state index in [1.165, 1.54) is 6.42 Å². The summed E-state index contributed by atoms with van der Waals surface area (Å²) in [6.45, 7) is 2.24. The largest absolute Gasteiger partial charge is 0.480 e. The lowest BCUT2D eigenvalue weighted by atomic mass is 9.81. The Morgan fingerprint density at radius 2 is 1.67 bits per heavy atom. The summed E-state index contributed by atoms with van der Waals surface area (Å²) in [5.74, 6) is 0.547. The summed E-state index contributed by atoms with van der Waals surface area (Å²) in [4.78, 5) is 26.3. The zero-order valence-electron chi connectivity index (χ0n) is 13.0. The molecule has 3 fully saturated rings. The second-order valence-corrected chi connectivity index (χ2v) is 7.40. The normalized spacial score (nSPS) is 39.9. The SMILES string of the molecule is CC1CCC(C(=O)N2C(C(=O)O)CC3CCCCC32)CC1. The Labute approximate surface area is 126 Å². The van der Waals surface area contributed by atoms with Crippen LogP contribution in [0, 0.1) is 17.8 Å². The van der Waals surface area contributed by atoms with E-state index in [1.807, 2.05) is 0 Å². The fourth-order valence-corrected chi connectivity index (χ4v) is 4.72. The van der Waals surface area contributed by atoms with Gasteiger partial charge in [-0.25, -0.2) is 4.79 Å². The number of amides is 1. The molecule has 1 heterocycles. The number of nitrogens with zero attached hydrogens (tertiary/aromatic N) is 1. The first-order valence-electron chi connectivity index (χ1n) is 8.63. The number of hydrogen-bond donors (Lipinski definition) is 1. The van der Waals surface area contributed by atoms with Crippen LogP contribution in [-0.2, 0) is 9.59 Å². The number of rotatable bonds is 2. The molecule has 21 heavy (non-hydrogen) atoms. The Kier molecular flexibility index (Phi) is 4.23. The monoisotopic (exact) mass is 293 g/mol. The third-order valence-electron chi connectivity index (χ3n) is 5.99. The highest BCUT2D eigenvalue weighted by atomic mass is 16.4. The second-order valence-electron chi connectivity index (χ2n) is 7.40. The van der Waals surface area contributed by atoms with Crippen molar-refractivity contribution in [2.75, 3.05) is 0 Å². The van der Waals surface area contributed by atoms with Gasteiger partial charge in [0, 0.05) is 12.0 Å². The quantitative estimate of drug-likeness (QED) is 0.851. The average Bonchev–Trinajstić information content (AvgIpc) is 2.87. The van der Waals surface area contributed by atoms with Crippen LogP contribution in [0.2, 0.25) is 0 Å². The van der Waals surface area contributed by atoms with Crippen molar-refractivity contribution in [3.8, 4) is 0 Å². The van der Waals surface area contributed by atoms with Crippen molar-refractivity contribution in [1.82, 2.24) is 4.90 Å². The lowest BCUT2D eigenvalue weighted by molar-refractivity contribution is -0.152. The molecule has 0 radical (unpaired) electrons. The van der Waals surface area contributed by atoms with Crippen LogP contribution in [0.5, 0.6) is 0 Å². The van der Waals surface area contributed by atoms with Crippen molar-refractivity contribution in [2.45, 2.75) is 76.8 Å². The topological polar surface area (TPSA) is 57.6 Å². The standard InChI is InChI=1S/C17H27NO3/c1-11-6-8-12(9-7-11)16(19)18-14-5-3-2-4-13(14)10-15(18)17(20)21/h11-15H,2-10H2,1H3,(H,20,21). The number of carbonyl (C=O) groups excluding carboxylic acids is 1. The first-order valence-corrected chi connectivity index (χ1v) is 8.63. The van der Waals surface area contributed by atoms with Gasteiger partial charge in [-0.15, -0.1) is 0 Å². The van der Waals surface area contributed by atoms with Crippen molar-refractivity contribution in [1.29, 1.82) is 0 Å². The van der Waals surface area contributed by atoms with Gasteiger partial charge in [0.15, 0.2) is 0 Å². The zero-order chi connectivity index (χ0) is 15.0. The molecule has 4 heteroatoms. The predicted octanol–water partition coefficient (Wildman–Crippen LogP) is 3.06.